The Morgan fingerprint density at radius 2 is 2.00 bits per heavy atom. The predicted molar refractivity (Wildman–Crippen MR) is 78.4 cm³/mol. The van der Waals surface area contributed by atoms with Crippen molar-refractivity contribution >= 4 is 11.3 Å². The first kappa shape index (κ1) is 11.6. The summed E-state index contributed by atoms with van der Waals surface area (Å²) < 4.78 is 0. The number of nitrogens with one attached hydrogen (secondary N) is 1. The van der Waals surface area contributed by atoms with Gasteiger partial charge in [0.25, 0.3) is 0 Å². The molecule has 2 aromatic rings. The molecular formula is C16H18N2S. The SMILES string of the molecule is c1ccc(C2(c3nc(CNC4CC4)cs3)CC2)cc1. The van der Waals surface area contributed by atoms with E-state index >= 15 is 0 Å². The molecule has 2 nitrogen and oxygen atoms in total. The molecule has 2 aliphatic carbocycles. The van der Waals surface area contributed by atoms with Crippen molar-refractivity contribution in [1.82, 2.24) is 10.3 Å². The lowest BCUT2D eigenvalue weighted by atomic mass is 9.97. The van der Waals surface area contributed by atoms with Gasteiger partial charge in [-0.15, -0.1) is 11.3 Å². The van der Waals surface area contributed by atoms with Crippen LogP contribution in [0.5, 0.6) is 0 Å². The van der Waals surface area contributed by atoms with Gasteiger partial charge in [-0.1, -0.05) is 30.3 Å². The van der Waals surface area contributed by atoms with Crippen LogP contribution < -0.4 is 5.32 Å². The summed E-state index contributed by atoms with van der Waals surface area (Å²) in [6.07, 6.45) is 5.18. The monoisotopic (exact) mass is 270 g/mol. The minimum atomic E-state index is 0.240. The lowest BCUT2D eigenvalue weighted by Crippen LogP contribution is -2.16. The van der Waals surface area contributed by atoms with E-state index in [1.165, 1.54) is 41.9 Å². The van der Waals surface area contributed by atoms with Gasteiger partial charge in [0.1, 0.15) is 5.01 Å². The van der Waals surface area contributed by atoms with Crippen LogP contribution in [0.15, 0.2) is 35.7 Å². The van der Waals surface area contributed by atoms with Gasteiger partial charge >= 0.3 is 0 Å². The maximum Gasteiger partial charge on any atom is 0.103 e. The summed E-state index contributed by atoms with van der Waals surface area (Å²) in [5.41, 5.74) is 2.89. The minimum absolute atomic E-state index is 0.240. The van der Waals surface area contributed by atoms with E-state index < -0.39 is 0 Å². The average molecular weight is 270 g/mol. The van der Waals surface area contributed by atoms with Crippen LogP contribution in [0.3, 0.4) is 0 Å². The fourth-order valence-electron chi connectivity index (χ4n) is 2.65. The standard InChI is InChI=1S/C16H18N2S/c1-2-4-12(5-3-1)16(8-9-16)15-18-14(11-19-15)10-17-13-6-7-13/h1-5,11,13,17H,6-10H2. The summed E-state index contributed by atoms with van der Waals surface area (Å²) in [5, 5.41) is 7.08. The predicted octanol–water partition coefficient (Wildman–Crippen LogP) is 3.48. The first-order chi connectivity index (χ1) is 9.37. The van der Waals surface area contributed by atoms with E-state index in [-0.39, 0.29) is 5.41 Å². The van der Waals surface area contributed by atoms with Gasteiger partial charge < -0.3 is 5.32 Å². The van der Waals surface area contributed by atoms with E-state index in [2.05, 4.69) is 41.0 Å². The molecule has 0 atom stereocenters. The zero-order valence-corrected chi connectivity index (χ0v) is 11.7. The van der Waals surface area contributed by atoms with Crippen LogP contribution in [0.4, 0.5) is 0 Å². The second kappa shape index (κ2) is 4.43. The van der Waals surface area contributed by atoms with Gasteiger partial charge in [-0.2, -0.15) is 0 Å². The zero-order valence-electron chi connectivity index (χ0n) is 10.9. The molecule has 0 unspecified atom stereocenters. The Labute approximate surface area is 117 Å². The average Bonchev–Trinajstić information content (AvgIpc) is 3.38. The van der Waals surface area contributed by atoms with Crippen molar-refractivity contribution in [3.63, 3.8) is 0 Å². The largest absolute Gasteiger partial charge is 0.308 e. The van der Waals surface area contributed by atoms with Gasteiger partial charge in [-0.3, -0.25) is 0 Å². The van der Waals surface area contributed by atoms with Gasteiger partial charge in [-0.25, -0.2) is 4.98 Å². The molecule has 19 heavy (non-hydrogen) atoms. The highest BCUT2D eigenvalue weighted by molar-refractivity contribution is 7.09. The number of hydrogen-bond acceptors (Lipinski definition) is 3. The van der Waals surface area contributed by atoms with E-state index in [4.69, 9.17) is 4.98 Å². The van der Waals surface area contributed by atoms with Crippen molar-refractivity contribution in [2.24, 2.45) is 0 Å². The smallest absolute Gasteiger partial charge is 0.103 e. The first-order valence-corrected chi connectivity index (χ1v) is 7.99. The van der Waals surface area contributed by atoms with Crippen LogP contribution in [0, 0.1) is 0 Å². The molecule has 1 aromatic carbocycles. The highest BCUT2D eigenvalue weighted by atomic mass is 32.1. The number of benzene rings is 1. The van der Waals surface area contributed by atoms with Gasteiger partial charge in [0.2, 0.25) is 0 Å². The van der Waals surface area contributed by atoms with Crippen LogP contribution in [0.1, 0.15) is 41.9 Å². The molecule has 0 aliphatic heterocycles. The Hall–Kier alpha value is -1.19. The Morgan fingerprint density at radius 3 is 2.68 bits per heavy atom. The Kier molecular flexibility index (Phi) is 2.71. The summed E-state index contributed by atoms with van der Waals surface area (Å²) >= 11 is 1.83. The van der Waals surface area contributed by atoms with Crippen molar-refractivity contribution in [2.45, 2.75) is 43.7 Å². The number of nitrogens with zero attached hydrogens (tertiary/aromatic N) is 1. The molecule has 0 amide bonds. The summed E-state index contributed by atoms with van der Waals surface area (Å²) in [6, 6.07) is 11.6. The normalized spacial score (nSPS) is 20.4. The molecule has 1 heterocycles. The van der Waals surface area contributed by atoms with Crippen molar-refractivity contribution in [2.75, 3.05) is 0 Å². The number of hydrogen-bond donors (Lipinski definition) is 1. The Bertz CT molecular complexity index is 567. The van der Waals surface area contributed by atoms with Crippen LogP contribution in [0.25, 0.3) is 0 Å². The Morgan fingerprint density at radius 1 is 1.21 bits per heavy atom. The summed E-state index contributed by atoms with van der Waals surface area (Å²) in [7, 11) is 0. The molecule has 0 spiro atoms. The lowest BCUT2D eigenvalue weighted by Gasteiger charge is -2.12. The van der Waals surface area contributed by atoms with Gasteiger partial charge in [0, 0.05) is 23.4 Å². The molecule has 0 radical (unpaired) electrons. The van der Waals surface area contributed by atoms with E-state index in [9.17, 15) is 0 Å². The molecule has 0 bridgehead atoms. The minimum Gasteiger partial charge on any atom is -0.308 e. The van der Waals surface area contributed by atoms with E-state index in [1.807, 2.05) is 11.3 Å². The van der Waals surface area contributed by atoms with Crippen LogP contribution in [-0.2, 0) is 12.0 Å². The van der Waals surface area contributed by atoms with Crippen LogP contribution in [0.2, 0.25) is 0 Å². The molecule has 4 rings (SSSR count). The maximum absolute atomic E-state index is 4.88. The van der Waals surface area contributed by atoms with Gasteiger partial charge in [0.05, 0.1) is 5.69 Å². The molecule has 2 fully saturated rings. The second-order valence-electron chi connectivity index (χ2n) is 5.75. The Balaban J connectivity index is 1.55. The summed E-state index contributed by atoms with van der Waals surface area (Å²) in [5.74, 6) is 0. The van der Waals surface area contributed by atoms with E-state index in [1.54, 1.807) is 0 Å². The number of aromatic nitrogens is 1. The van der Waals surface area contributed by atoms with E-state index in [0.717, 1.165) is 12.6 Å². The molecule has 0 saturated heterocycles. The molecule has 98 valence electrons. The number of rotatable bonds is 5. The third-order valence-corrected chi connectivity index (χ3v) is 5.28. The molecule has 3 heteroatoms. The lowest BCUT2D eigenvalue weighted by molar-refractivity contribution is 0.672. The van der Waals surface area contributed by atoms with Crippen LogP contribution >= 0.6 is 11.3 Å². The third-order valence-electron chi connectivity index (χ3n) is 4.19. The first-order valence-electron chi connectivity index (χ1n) is 7.11. The van der Waals surface area contributed by atoms with Crippen molar-refractivity contribution in [3.8, 4) is 0 Å². The molecular weight excluding hydrogens is 252 g/mol. The topological polar surface area (TPSA) is 24.9 Å². The fourth-order valence-corrected chi connectivity index (χ4v) is 3.75. The van der Waals surface area contributed by atoms with Gasteiger partial charge in [-0.05, 0) is 31.2 Å². The summed E-state index contributed by atoms with van der Waals surface area (Å²) in [4.78, 5) is 4.88. The molecule has 2 saturated carbocycles. The zero-order chi connectivity index (χ0) is 12.7. The van der Waals surface area contributed by atoms with Crippen molar-refractivity contribution < 1.29 is 0 Å². The van der Waals surface area contributed by atoms with Crippen LogP contribution in [-0.4, -0.2) is 11.0 Å². The van der Waals surface area contributed by atoms with E-state index in [0.29, 0.717) is 0 Å². The van der Waals surface area contributed by atoms with Gasteiger partial charge in [0.15, 0.2) is 0 Å². The third kappa shape index (κ3) is 2.21. The summed E-state index contributed by atoms with van der Waals surface area (Å²) in [6.45, 7) is 0.937. The molecule has 1 aromatic heterocycles. The highest BCUT2D eigenvalue weighted by Gasteiger charge is 2.48. The second-order valence-corrected chi connectivity index (χ2v) is 6.61. The molecule has 2 aliphatic rings. The highest BCUT2D eigenvalue weighted by Crippen LogP contribution is 2.54. The molecule has 1 N–H and O–H groups in total. The maximum atomic E-state index is 4.88. The quantitative estimate of drug-likeness (QED) is 0.900. The van der Waals surface area contributed by atoms with Crippen molar-refractivity contribution in [3.05, 3.63) is 52.0 Å². The van der Waals surface area contributed by atoms with Crippen molar-refractivity contribution in [1.29, 1.82) is 0 Å². The fraction of sp³-hybridized carbons (Fsp3) is 0.438. The number of thiazole rings is 1.